The van der Waals surface area contributed by atoms with Crippen molar-refractivity contribution < 1.29 is 72.8 Å². The summed E-state index contributed by atoms with van der Waals surface area (Å²) in [4.78, 5) is 38.7. The molecule has 0 saturated carbocycles. The Morgan fingerprint density at radius 3 is 1.80 bits per heavy atom. The first-order valence-corrected chi connectivity index (χ1v) is 12.9. The zero-order valence-electron chi connectivity index (χ0n) is 24.2. The van der Waals surface area contributed by atoms with Crippen LogP contribution in [0.2, 0.25) is 0 Å². The fraction of sp³-hybridized carbons (Fsp3) is 0.654. The number of nitrogens with zero attached hydrogens (tertiary/aromatic N) is 2. The highest BCUT2D eigenvalue weighted by atomic mass is 19.4. The van der Waals surface area contributed by atoms with Crippen LogP contribution in [0.3, 0.4) is 0 Å². The van der Waals surface area contributed by atoms with Gasteiger partial charge in [0.05, 0.1) is 11.0 Å². The van der Waals surface area contributed by atoms with Gasteiger partial charge in [0.2, 0.25) is 6.79 Å². The first kappa shape index (κ1) is 36.8. The van der Waals surface area contributed by atoms with Gasteiger partial charge in [-0.3, -0.25) is 9.69 Å². The second-order valence-electron chi connectivity index (χ2n) is 11.3. The third-order valence-corrected chi connectivity index (χ3v) is 6.08. The van der Waals surface area contributed by atoms with Crippen LogP contribution in [0, 0.1) is 5.41 Å². The van der Waals surface area contributed by atoms with E-state index in [0.717, 1.165) is 12.1 Å². The van der Waals surface area contributed by atoms with E-state index in [4.69, 9.17) is 14.2 Å². The highest BCUT2D eigenvalue weighted by molar-refractivity contribution is 5.79. The van der Waals surface area contributed by atoms with Gasteiger partial charge in [0.1, 0.15) is 5.75 Å². The van der Waals surface area contributed by atoms with Crippen LogP contribution in [-0.2, 0) is 36.5 Å². The number of alkyl halides is 9. The molecule has 1 aliphatic rings. The van der Waals surface area contributed by atoms with E-state index in [9.17, 15) is 53.9 Å². The molecule has 0 unspecified atom stereocenters. The van der Waals surface area contributed by atoms with Gasteiger partial charge in [-0.2, -0.15) is 39.5 Å². The maximum absolute atomic E-state index is 13.4. The lowest BCUT2D eigenvalue weighted by atomic mass is 9.98. The lowest BCUT2D eigenvalue weighted by Crippen LogP contribution is -2.52. The van der Waals surface area contributed by atoms with Crippen molar-refractivity contribution in [2.75, 3.05) is 33.0 Å². The molecule has 0 aliphatic carbocycles. The van der Waals surface area contributed by atoms with Gasteiger partial charge < -0.3 is 23.8 Å². The van der Waals surface area contributed by atoms with E-state index in [2.05, 4.69) is 4.74 Å². The van der Waals surface area contributed by atoms with Crippen molar-refractivity contribution in [1.82, 2.24) is 9.80 Å². The lowest BCUT2D eigenvalue weighted by Gasteiger charge is -2.35. The Morgan fingerprint density at radius 2 is 1.32 bits per heavy atom. The van der Waals surface area contributed by atoms with Crippen LogP contribution in [0.5, 0.6) is 5.75 Å². The largest absolute Gasteiger partial charge is 0.476 e. The molecule has 2 rings (SSSR count). The molecule has 1 fully saturated rings. The predicted octanol–water partition coefficient (Wildman–Crippen LogP) is 5.70. The van der Waals surface area contributed by atoms with Crippen LogP contribution >= 0.6 is 0 Å². The maximum atomic E-state index is 13.4. The van der Waals surface area contributed by atoms with Gasteiger partial charge in [-0.15, -0.1) is 0 Å². The predicted molar refractivity (Wildman–Crippen MR) is 132 cm³/mol. The zero-order chi connectivity index (χ0) is 33.9. The van der Waals surface area contributed by atoms with Gasteiger partial charge in [-0.05, 0) is 46.8 Å². The fourth-order valence-corrected chi connectivity index (χ4v) is 3.62. The summed E-state index contributed by atoms with van der Waals surface area (Å²) < 4.78 is 136. The molecule has 1 aromatic carbocycles. The minimum absolute atomic E-state index is 0.108. The Bertz CT molecular complexity index is 1170. The van der Waals surface area contributed by atoms with Crippen molar-refractivity contribution >= 4 is 18.0 Å². The topological polar surface area (TPSA) is 94.6 Å². The summed E-state index contributed by atoms with van der Waals surface area (Å²) in [6, 6.07) is 2.47. The number of benzene rings is 1. The van der Waals surface area contributed by atoms with Crippen LogP contribution in [0.25, 0.3) is 0 Å². The van der Waals surface area contributed by atoms with Crippen LogP contribution in [-0.4, -0.2) is 84.9 Å². The molecule has 0 spiro atoms. The second kappa shape index (κ2) is 13.3. The number of hydrogen-bond donors (Lipinski definition) is 0. The van der Waals surface area contributed by atoms with E-state index in [1.807, 2.05) is 0 Å². The molecule has 0 N–H and O–H groups in total. The molecule has 0 aromatic heterocycles. The fourth-order valence-electron chi connectivity index (χ4n) is 3.62. The van der Waals surface area contributed by atoms with E-state index in [1.165, 1.54) is 13.8 Å². The molecule has 0 bridgehead atoms. The molecule has 44 heavy (non-hydrogen) atoms. The van der Waals surface area contributed by atoms with Crippen LogP contribution in [0.4, 0.5) is 44.3 Å². The lowest BCUT2D eigenvalue weighted by molar-refractivity contribution is -0.308. The van der Waals surface area contributed by atoms with Gasteiger partial charge in [0.25, 0.3) is 6.10 Å². The molecule has 1 heterocycles. The molecular formula is C26H31F9N2O7. The number of amides is 1. The van der Waals surface area contributed by atoms with Crippen molar-refractivity contribution in [2.45, 2.75) is 71.4 Å². The van der Waals surface area contributed by atoms with E-state index >= 15 is 0 Å². The number of ether oxygens (including phenoxy) is 4. The minimum atomic E-state index is -5.88. The first-order valence-electron chi connectivity index (χ1n) is 12.9. The molecule has 0 radical (unpaired) electrons. The molecule has 250 valence electrons. The van der Waals surface area contributed by atoms with Crippen molar-refractivity contribution in [2.24, 2.45) is 5.41 Å². The number of rotatable bonds is 8. The standard InChI is InChI=1S/C26H31F9N2O7/c1-22(2,3)19(38)41-14-42-20(39)23(4,5)44-17-12-16(24(27,28)29)7-6-15(17)13-36-8-10-37(11-9-36)21(40)43-18(25(30,31)32)26(33,34)35/h6-7,12,18H,8-11,13-14H2,1-5H3. The SMILES string of the molecule is CC(C)(C)C(=O)OCOC(=O)C(C)(C)Oc1cc(C(F)(F)F)ccc1CN1CCN(C(=O)OC(C(F)(F)F)C(F)(F)F)CC1. The number of halogens is 9. The van der Waals surface area contributed by atoms with E-state index in [1.54, 1.807) is 25.7 Å². The molecule has 1 amide bonds. The Kier molecular flexibility index (Phi) is 11.1. The van der Waals surface area contributed by atoms with Gasteiger partial charge in [-0.25, -0.2) is 9.59 Å². The smallest absolute Gasteiger partial charge is 0.434 e. The van der Waals surface area contributed by atoms with E-state index in [0.29, 0.717) is 11.0 Å². The van der Waals surface area contributed by atoms with E-state index < -0.39 is 66.0 Å². The van der Waals surface area contributed by atoms with Crippen LogP contribution < -0.4 is 4.74 Å². The van der Waals surface area contributed by atoms with Gasteiger partial charge in [-0.1, -0.05) is 6.07 Å². The van der Waals surface area contributed by atoms with E-state index in [-0.39, 0.29) is 44.0 Å². The molecule has 0 atom stereocenters. The number of carbonyl (C=O) groups is 3. The van der Waals surface area contributed by atoms with Crippen molar-refractivity contribution in [1.29, 1.82) is 0 Å². The normalized spacial score (nSPS) is 15.7. The molecule has 1 saturated heterocycles. The van der Waals surface area contributed by atoms with Gasteiger partial charge in [0, 0.05) is 38.3 Å². The molecular weight excluding hydrogens is 623 g/mol. The summed E-state index contributed by atoms with van der Waals surface area (Å²) in [5.74, 6) is -2.14. The number of esters is 2. The van der Waals surface area contributed by atoms with Crippen LogP contribution in [0.15, 0.2) is 18.2 Å². The van der Waals surface area contributed by atoms with Crippen LogP contribution in [0.1, 0.15) is 45.7 Å². The Labute approximate surface area is 246 Å². The molecule has 1 aromatic rings. The van der Waals surface area contributed by atoms with Gasteiger partial charge in [0.15, 0.2) is 5.60 Å². The Hall–Kier alpha value is -3.44. The quantitative estimate of drug-likeness (QED) is 0.200. The summed E-state index contributed by atoms with van der Waals surface area (Å²) >= 11 is 0. The summed E-state index contributed by atoms with van der Waals surface area (Å²) in [6.07, 6.45) is -22.7. The number of piperazine rings is 1. The monoisotopic (exact) mass is 654 g/mol. The highest BCUT2D eigenvalue weighted by Crippen LogP contribution is 2.37. The maximum Gasteiger partial charge on any atom is 0.434 e. The van der Waals surface area contributed by atoms with Gasteiger partial charge >= 0.3 is 36.6 Å². The molecule has 9 nitrogen and oxygen atoms in total. The summed E-state index contributed by atoms with van der Waals surface area (Å²) in [5.41, 5.74) is -3.77. The summed E-state index contributed by atoms with van der Waals surface area (Å²) in [6.45, 7) is 5.22. The van der Waals surface area contributed by atoms with Crippen molar-refractivity contribution in [3.05, 3.63) is 29.3 Å². The third kappa shape index (κ3) is 10.3. The molecule has 18 heteroatoms. The summed E-state index contributed by atoms with van der Waals surface area (Å²) in [7, 11) is 0. The Morgan fingerprint density at radius 1 is 0.795 bits per heavy atom. The highest BCUT2D eigenvalue weighted by Gasteiger charge is 2.60. The van der Waals surface area contributed by atoms with Crippen molar-refractivity contribution in [3.63, 3.8) is 0 Å². The average Bonchev–Trinajstić information content (AvgIpc) is 2.85. The average molecular weight is 655 g/mol. The van der Waals surface area contributed by atoms with Crippen molar-refractivity contribution in [3.8, 4) is 5.75 Å². The molecule has 1 aliphatic heterocycles. The Balaban J connectivity index is 2.13. The minimum Gasteiger partial charge on any atom is -0.476 e. The number of hydrogen-bond acceptors (Lipinski definition) is 8. The zero-order valence-corrected chi connectivity index (χ0v) is 24.2. The second-order valence-corrected chi connectivity index (χ2v) is 11.3. The first-order chi connectivity index (χ1) is 19.8. The third-order valence-electron chi connectivity index (χ3n) is 6.08. The summed E-state index contributed by atoms with van der Waals surface area (Å²) in [5, 5.41) is 0. The number of carbonyl (C=O) groups excluding carboxylic acids is 3.